The molecule has 0 spiro atoms. The average Bonchev–Trinajstić information content (AvgIpc) is 2.29. The molecule has 2 aromatic rings. The summed E-state index contributed by atoms with van der Waals surface area (Å²) < 4.78 is 18.6. The zero-order valence-electron chi connectivity index (χ0n) is 8.45. The van der Waals surface area contributed by atoms with Crippen LogP contribution in [0.3, 0.4) is 0 Å². The summed E-state index contributed by atoms with van der Waals surface area (Å²) in [6, 6.07) is 6.28. The normalized spacial score (nSPS) is 10.2. The van der Waals surface area contributed by atoms with Gasteiger partial charge in [-0.2, -0.15) is 0 Å². The molecule has 0 aliphatic rings. The molecule has 0 aliphatic heterocycles. The molecule has 0 saturated heterocycles. The maximum absolute atomic E-state index is 13.6. The molecule has 82 valence electrons. The highest BCUT2D eigenvalue weighted by Crippen LogP contribution is 2.33. The van der Waals surface area contributed by atoms with E-state index in [1.54, 1.807) is 18.2 Å². The van der Waals surface area contributed by atoms with Crippen LogP contribution in [-0.4, -0.2) is 17.1 Å². The average molecular weight is 239 g/mol. The topological polar surface area (TPSA) is 35.0 Å². The second-order valence-corrected chi connectivity index (χ2v) is 3.38. The first-order valence-corrected chi connectivity index (χ1v) is 4.91. The van der Waals surface area contributed by atoms with Gasteiger partial charge in [0.1, 0.15) is 17.8 Å². The lowest BCUT2D eigenvalue weighted by molar-refractivity contribution is 0.412. The molecule has 1 heterocycles. The van der Waals surface area contributed by atoms with E-state index in [9.17, 15) is 4.39 Å². The Bertz CT molecular complexity index is 519. The molecule has 5 heteroatoms. The molecular weight excluding hydrogens is 231 g/mol. The minimum atomic E-state index is -0.379. The van der Waals surface area contributed by atoms with Gasteiger partial charge in [0.2, 0.25) is 0 Å². The quantitative estimate of drug-likeness (QED) is 0.755. The molecule has 0 bridgehead atoms. The summed E-state index contributed by atoms with van der Waals surface area (Å²) in [5.41, 5.74) is 0.684. The molecule has 0 saturated carbocycles. The third kappa shape index (κ3) is 1.84. The van der Waals surface area contributed by atoms with Gasteiger partial charge in [-0.25, -0.2) is 14.4 Å². The van der Waals surface area contributed by atoms with E-state index in [2.05, 4.69) is 9.97 Å². The fourth-order valence-electron chi connectivity index (χ4n) is 1.38. The highest BCUT2D eigenvalue weighted by atomic mass is 35.5. The van der Waals surface area contributed by atoms with Crippen LogP contribution in [0.2, 0.25) is 5.15 Å². The highest BCUT2D eigenvalue weighted by molar-refractivity contribution is 6.31. The Hall–Kier alpha value is -1.68. The fraction of sp³-hybridized carbons (Fsp3) is 0.0909. The third-order valence-corrected chi connectivity index (χ3v) is 2.36. The molecule has 16 heavy (non-hydrogen) atoms. The lowest BCUT2D eigenvalue weighted by atomic mass is 10.1. The largest absolute Gasteiger partial charge is 0.491 e. The minimum Gasteiger partial charge on any atom is -0.491 e. The van der Waals surface area contributed by atoms with Gasteiger partial charge in [0.25, 0.3) is 0 Å². The van der Waals surface area contributed by atoms with Crippen molar-refractivity contribution in [3.8, 4) is 17.0 Å². The van der Waals surface area contributed by atoms with Crippen molar-refractivity contribution in [2.75, 3.05) is 7.11 Å². The number of rotatable bonds is 2. The van der Waals surface area contributed by atoms with Crippen LogP contribution in [0.5, 0.6) is 5.75 Å². The summed E-state index contributed by atoms with van der Waals surface area (Å²) in [6.07, 6.45) is 1.27. The number of methoxy groups -OCH3 is 1. The molecule has 0 unspecified atom stereocenters. The number of hydrogen-bond acceptors (Lipinski definition) is 3. The first-order chi connectivity index (χ1) is 7.74. The second-order valence-electron chi connectivity index (χ2n) is 3.03. The molecule has 0 amide bonds. The van der Waals surface area contributed by atoms with Gasteiger partial charge in [-0.3, -0.25) is 0 Å². The Morgan fingerprint density at radius 2 is 2.00 bits per heavy atom. The van der Waals surface area contributed by atoms with Crippen LogP contribution in [0.1, 0.15) is 0 Å². The van der Waals surface area contributed by atoms with E-state index in [1.165, 1.54) is 19.5 Å². The number of benzene rings is 1. The van der Waals surface area contributed by atoms with Gasteiger partial charge < -0.3 is 4.74 Å². The zero-order valence-corrected chi connectivity index (χ0v) is 9.20. The smallest absolute Gasteiger partial charge is 0.182 e. The first-order valence-electron chi connectivity index (χ1n) is 4.53. The molecule has 0 radical (unpaired) electrons. The maximum Gasteiger partial charge on any atom is 0.182 e. The lowest BCUT2D eigenvalue weighted by Crippen LogP contribution is -1.95. The Morgan fingerprint density at radius 1 is 1.25 bits per heavy atom. The van der Waals surface area contributed by atoms with E-state index in [4.69, 9.17) is 16.3 Å². The van der Waals surface area contributed by atoms with Crippen LogP contribution in [0.4, 0.5) is 4.39 Å². The van der Waals surface area contributed by atoms with Crippen LogP contribution in [0, 0.1) is 5.82 Å². The van der Waals surface area contributed by atoms with E-state index >= 15 is 0 Å². The molecule has 0 aliphatic carbocycles. The summed E-state index contributed by atoms with van der Waals surface area (Å²) in [5.74, 6) is -0.107. The van der Waals surface area contributed by atoms with E-state index < -0.39 is 0 Å². The van der Waals surface area contributed by atoms with Crippen molar-refractivity contribution in [2.24, 2.45) is 0 Å². The van der Waals surface area contributed by atoms with E-state index in [0.717, 1.165) is 0 Å². The molecule has 0 N–H and O–H groups in total. The number of halogens is 2. The number of nitrogens with zero attached hydrogens (tertiary/aromatic N) is 2. The van der Waals surface area contributed by atoms with Gasteiger partial charge >= 0.3 is 0 Å². The van der Waals surface area contributed by atoms with Gasteiger partial charge in [-0.1, -0.05) is 23.7 Å². The predicted molar refractivity (Wildman–Crippen MR) is 59.0 cm³/mol. The number of hydrogen-bond donors (Lipinski definition) is 0. The van der Waals surface area contributed by atoms with Gasteiger partial charge in [-0.15, -0.1) is 0 Å². The molecular formula is C11H8ClFN2O. The lowest BCUT2D eigenvalue weighted by Gasteiger charge is -2.08. The Kier molecular flexibility index (Phi) is 3.01. The molecule has 0 atom stereocenters. The second kappa shape index (κ2) is 4.45. The van der Waals surface area contributed by atoms with Crippen LogP contribution in [-0.2, 0) is 0 Å². The van der Waals surface area contributed by atoms with Gasteiger partial charge in [-0.05, 0) is 12.1 Å². The maximum atomic E-state index is 13.6. The predicted octanol–water partition coefficient (Wildman–Crippen LogP) is 2.94. The van der Waals surface area contributed by atoms with Crippen molar-refractivity contribution in [1.29, 1.82) is 0 Å². The number of ether oxygens (including phenoxy) is 1. The third-order valence-electron chi connectivity index (χ3n) is 2.09. The fourth-order valence-corrected chi connectivity index (χ4v) is 1.59. The Balaban J connectivity index is 2.65. The summed E-state index contributed by atoms with van der Waals surface area (Å²) in [6.45, 7) is 0. The molecule has 3 nitrogen and oxygen atoms in total. The van der Waals surface area contributed by atoms with Crippen molar-refractivity contribution in [3.05, 3.63) is 41.6 Å². The van der Waals surface area contributed by atoms with Crippen LogP contribution < -0.4 is 4.74 Å². The van der Waals surface area contributed by atoms with Crippen LogP contribution >= 0.6 is 11.6 Å². The molecule has 2 rings (SSSR count). The van der Waals surface area contributed by atoms with Crippen molar-refractivity contribution < 1.29 is 9.13 Å². The Morgan fingerprint density at radius 3 is 2.69 bits per heavy atom. The van der Waals surface area contributed by atoms with E-state index in [0.29, 0.717) is 11.3 Å². The monoisotopic (exact) mass is 238 g/mol. The van der Waals surface area contributed by atoms with Gasteiger partial charge in [0.05, 0.1) is 7.11 Å². The summed E-state index contributed by atoms with van der Waals surface area (Å²) in [4.78, 5) is 7.75. The molecule has 0 fully saturated rings. The molecule has 1 aromatic heterocycles. The van der Waals surface area contributed by atoms with E-state index in [-0.39, 0.29) is 16.7 Å². The minimum absolute atomic E-state index is 0.163. The first kappa shape index (κ1) is 10.8. The van der Waals surface area contributed by atoms with Crippen molar-refractivity contribution in [2.45, 2.75) is 0 Å². The SMILES string of the molecule is COc1c(Cl)ncnc1-c1ccccc1F. The van der Waals surface area contributed by atoms with Crippen LogP contribution in [0.25, 0.3) is 11.3 Å². The standard InChI is InChI=1S/C11H8ClFN2O/c1-16-10-9(14-6-15-11(10)12)7-4-2-3-5-8(7)13/h2-6H,1H3. The van der Waals surface area contributed by atoms with Gasteiger partial charge in [0.15, 0.2) is 10.9 Å². The van der Waals surface area contributed by atoms with Crippen molar-refractivity contribution in [1.82, 2.24) is 9.97 Å². The highest BCUT2D eigenvalue weighted by Gasteiger charge is 2.14. The summed E-state index contributed by atoms with van der Waals surface area (Å²) >= 11 is 5.83. The molecule has 1 aromatic carbocycles. The van der Waals surface area contributed by atoms with Crippen molar-refractivity contribution >= 4 is 11.6 Å². The summed E-state index contributed by atoms with van der Waals surface area (Å²) in [5, 5.41) is 0.163. The summed E-state index contributed by atoms with van der Waals surface area (Å²) in [7, 11) is 1.44. The van der Waals surface area contributed by atoms with Gasteiger partial charge in [0, 0.05) is 5.56 Å². The Labute approximate surface area is 96.9 Å². The van der Waals surface area contributed by atoms with Crippen LogP contribution in [0.15, 0.2) is 30.6 Å². The van der Waals surface area contributed by atoms with Crippen molar-refractivity contribution in [3.63, 3.8) is 0 Å². The zero-order chi connectivity index (χ0) is 11.5. The number of aromatic nitrogens is 2. The van der Waals surface area contributed by atoms with E-state index in [1.807, 2.05) is 0 Å².